The van der Waals surface area contributed by atoms with Crippen LogP contribution in [0.25, 0.3) is 0 Å². The van der Waals surface area contributed by atoms with Gasteiger partial charge < -0.3 is 10.1 Å². The topological polar surface area (TPSA) is 44.8 Å². The Morgan fingerprint density at radius 1 is 1.03 bits per heavy atom. The molecular weight excluding hydrogens is 433 g/mol. The molecule has 1 heterocycles. The van der Waals surface area contributed by atoms with Gasteiger partial charge in [-0.3, -0.25) is 14.6 Å². The van der Waals surface area contributed by atoms with E-state index in [0.29, 0.717) is 27.4 Å². The summed E-state index contributed by atoms with van der Waals surface area (Å²) in [6, 6.07) is 12.2. The predicted molar refractivity (Wildman–Crippen MR) is 120 cm³/mol. The van der Waals surface area contributed by atoms with Gasteiger partial charge in [-0.1, -0.05) is 34.8 Å². The minimum atomic E-state index is -0.241. The van der Waals surface area contributed by atoms with Crippen LogP contribution in [0.5, 0.6) is 5.75 Å². The monoisotopic (exact) mass is 455 g/mol. The third-order valence-electron chi connectivity index (χ3n) is 5.01. The van der Waals surface area contributed by atoms with Crippen LogP contribution < -0.4 is 10.1 Å². The highest BCUT2D eigenvalue weighted by Crippen LogP contribution is 2.25. The number of halogens is 3. The van der Waals surface area contributed by atoms with Crippen LogP contribution in [0, 0.1) is 0 Å². The van der Waals surface area contributed by atoms with Gasteiger partial charge in [0, 0.05) is 42.8 Å². The molecule has 2 aromatic carbocycles. The molecule has 0 saturated carbocycles. The molecular formula is C21H24Cl3N3O2. The second-order valence-corrected chi connectivity index (χ2v) is 8.25. The summed E-state index contributed by atoms with van der Waals surface area (Å²) < 4.78 is 5.76. The number of nitrogens with one attached hydrogen (secondary N) is 1. The summed E-state index contributed by atoms with van der Waals surface area (Å²) >= 11 is 17.9. The number of piperazine rings is 1. The molecule has 1 unspecified atom stereocenters. The van der Waals surface area contributed by atoms with Crippen molar-refractivity contribution in [3.8, 4) is 5.75 Å². The maximum atomic E-state index is 12.6. The Morgan fingerprint density at radius 3 is 2.34 bits per heavy atom. The number of benzene rings is 2. The van der Waals surface area contributed by atoms with Crippen LogP contribution in [0.2, 0.25) is 15.1 Å². The molecule has 1 aliphatic rings. The molecule has 3 rings (SSSR count). The fraction of sp³-hybridized carbons (Fsp3) is 0.381. The summed E-state index contributed by atoms with van der Waals surface area (Å²) in [4.78, 5) is 17.1. The summed E-state index contributed by atoms with van der Waals surface area (Å²) in [6.45, 7) is 6.81. The Hall–Kier alpha value is -1.50. The number of hydrogen-bond donors (Lipinski definition) is 1. The van der Waals surface area contributed by atoms with Gasteiger partial charge in [0.25, 0.3) is 0 Å². The first-order valence-corrected chi connectivity index (χ1v) is 10.7. The quantitative estimate of drug-likeness (QED) is 0.657. The first kappa shape index (κ1) is 22.2. The van der Waals surface area contributed by atoms with E-state index in [2.05, 4.69) is 15.1 Å². The highest BCUT2D eigenvalue weighted by atomic mass is 35.5. The molecule has 0 aliphatic carbocycles. The van der Waals surface area contributed by atoms with Crippen molar-refractivity contribution in [1.29, 1.82) is 0 Å². The minimum absolute atomic E-state index is 0.0752. The largest absolute Gasteiger partial charge is 0.492 e. The summed E-state index contributed by atoms with van der Waals surface area (Å²) in [5.74, 6) is 0.743. The highest BCUT2D eigenvalue weighted by Gasteiger charge is 2.25. The number of amides is 1. The van der Waals surface area contributed by atoms with Gasteiger partial charge >= 0.3 is 0 Å². The van der Waals surface area contributed by atoms with Crippen molar-refractivity contribution < 1.29 is 9.53 Å². The van der Waals surface area contributed by atoms with Crippen LogP contribution >= 0.6 is 34.8 Å². The average Bonchev–Trinajstić information content (AvgIpc) is 2.71. The zero-order chi connectivity index (χ0) is 20.8. The van der Waals surface area contributed by atoms with E-state index in [9.17, 15) is 4.79 Å². The number of rotatable bonds is 7. The molecule has 0 spiro atoms. The summed E-state index contributed by atoms with van der Waals surface area (Å²) in [7, 11) is 0. The Bertz CT molecular complexity index is 824. The molecule has 0 radical (unpaired) electrons. The average molecular weight is 457 g/mol. The molecule has 1 atom stereocenters. The van der Waals surface area contributed by atoms with Gasteiger partial charge in [-0.05, 0) is 49.4 Å². The van der Waals surface area contributed by atoms with Crippen LogP contribution in [0.1, 0.15) is 6.92 Å². The third-order valence-corrected chi connectivity index (χ3v) is 5.81. The highest BCUT2D eigenvalue weighted by molar-refractivity contribution is 6.36. The van der Waals surface area contributed by atoms with Crippen molar-refractivity contribution in [3.63, 3.8) is 0 Å². The molecule has 0 aromatic heterocycles. The summed E-state index contributed by atoms with van der Waals surface area (Å²) in [5, 5.41) is 4.56. The van der Waals surface area contributed by atoms with Gasteiger partial charge in [0.15, 0.2) is 0 Å². The van der Waals surface area contributed by atoms with E-state index in [0.717, 1.165) is 38.5 Å². The molecule has 0 bridgehead atoms. The Labute approximate surface area is 186 Å². The van der Waals surface area contributed by atoms with Gasteiger partial charge in [-0.25, -0.2) is 0 Å². The SMILES string of the molecule is CC(C(=O)Nc1ccc(Cl)cc1Cl)N1CCN(CCOc2ccc(Cl)cc2)CC1. The van der Waals surface area contributed by atoms with Gasteiger partial charge in [0.2, 0.25) is 5.91 Å². The van der Waals surface area contributed by atoms with Crippen molar-refractivity contribution in [1.82, 2.24) is 9.80 Å². The van der Waals surface area contributed by atoms with Gasteiger partial charge in [0.05, 0.1) is 16.8 Å². The number of ether oxygens (including phenoxy) is 1. The van der Waals surface area contributed by atoms with Crippen LogP contribution in [0.4, 0.5) is 5.69 Å². The molecule has 1 N–H and O–H groups in total. The minimum Gasteiger partial charge on any atom is -0.492 e. The number of carbonyl (C=O) groups is 1. The van der Waals surface area contributed by atoms with E-state index in [1.165, 1.54) is 0 Å². The second kappa shape index (κ2) is 10.5. The fourth-order valence-corrected chi connectivity index (χ4v) is 3.77. The van der Waals surface area contributed by atoms with Gasteiger partial charge in [-0.15, -0.1) is 0 Å². The maximum absolute atomic E-state index is 12.6. The number of nitrogens with zero attached hydrogens (tertiary/aromatic N) is 2. The molecule has 156 valence electrons. The Kier molecular flexibility index (Phi) is 8.04. The normalized spacial score (nSPS) is 16.4. The standard InChI is InChI=1S/C21H24Cl3N3O2/c1-15(21(28)25-20-7-4-17(23)14-19(20)24)27-10-8-26(9-11-27)12-13-29-18-5-2-16(22)3-6-18/h2-7,14-15H,8-13H2,1H3,(H,25,28). The van der Waals surface area contributed by atoms with Crippen LogP contribution in [-0.2, 0) is 4.79 Å². The first-order valence-electron chi connectivity index (χ1n) is 9.53. The van der Waals surface area contributed by atoms with E-state index < -0.39 is 0 Å². The van der Waals surface area contributed by atoms with Gasteiger partial charge in [-0.2, -0.15) is 0 Å². The molecule has 5 nitrogen and oxygen atoms in total. The lowest BCUT2D eigenvalue weighted by atomic mass is 10.2. The summed E-state index contributed by atoms with van der Waals surface area (Å²) in [6.07, 6.45) is 0. The van der Waals surface area contributed by atoms with Crippen LogP contribution in [0.15, 0.2) is 42.5 Å². The van der Waals surface area contributed by atoms with E-state index in [4.69, 9.17) is 39.5 Å². The van der Waals surface area contributed by atoms with E-state index >= 15 is 0 Å². The van der Waals surface area contributed by atoms with Crippen molar-refractivity contribution in [2.75, 3.05) is 44.6 Å². The Morgan fingerprint density at radius 2 is 1.69 bits per heavy atom. The lowest BCUT2D eigenvalue weighted by Crippen LogP contribution is -2.53. The second-order valence-electron chi connectivity index (χ2n) is 6.97. The van der Waals surface area contributed by atoms with E-state index in [-0.39, 0.29) is 11.9 Å². The van der Waals surface area contributed by atoms with Crippen LogP contribution in [0.3, 0.4) is 0 Å². The first-order chi connectivity index (χ1) is 13.9. The van der Waals surface area contributed by atoms with Crippen LogP contribution in [-0.4, -0.2) is 61.1 Å². The fourth-order valence-electron chi connectivity index (χ4n) is 3.19. The molecule has 1 fully saturated rings. The Balaban J connectivity index is 1.41. The number of hydrogen-bond acceptors (Lipinski definition) is 4. The van der Waals surface area contributed by atoms with E-state index in [1.807, 2.05) is 31.2 Å². The zero-order valence-corrected chi connectivity index (χ0v) is 18.5. The number of carbonyl (C=O) groups excluding carboxylic acids is 1. The van der Waals surface area contributed by atoms with E-state index in [1.54, 1.807) is 18.2 Å². The van der Waals surface area contributed by atoms with Crippen molar-refractivity contribution in [3.05, 3.63) is 57.5 Å². The lowest BCUT2D eigenvalue weighted by molar-refractivity contribution is -0.121. The molecule has 29 heavy (non-hydrogen) atoms. The molecule has 1 amide bonds. The molecule has 1 aliphatic heterocycles. The molecule has 1 saturated heterocycles. The maximum Gasteiger partial charge on any atom is 0.241 e. The molecule has 2 aromatic rings. The molecule has 8 heteroatoms. The van der Waals surface area contributed by atoms with Crippen molar-refractivity contribution in [2.45, 2.75) is 13.0 Å². The third kappa shape index (κ3) is 6.49. The van der Waals surface area contributed by atoms with Gasteiger partial charge in [0.1, 0.15) is 12.4 Å². The smallest absolute Gasteiger partial charge is 0.241 e. The lowest BCUT2D eigenvalue weighted by Gasteiger charge is -2.37. The predicted octanol–water partition coefficient (Wildman–Crippen LogP) is 4.67. The van der Waals surface area contributed by atoms with Crippen molar-refractivity contribution >= 4 is 46.4 Å². The summed E-state index contributed by atoms with van der Waals surface area (Å²) in [5.41, 5.74) is 0.575. The number of anilines is 1. The van der Waals surface area contributed by atoms with Crippen molar-refractivity contribution in [2.24, 2.45) is 0 Å². The zero-order valence-electron chi connectivity index (χ0n) is 16.2.